The summed E-state index contributed by atoms with van der Waals surface area (Å²) in [5.74, 6) is 1.88. The van der Waals surface area contributed by atoms with Crippen molar-refractivity contribution in [3.63, 3.8) is 0 Å². The summed E-state index contributed by atoms with van der Waals surface area (Å²) in [6.45, 7) is 3.72. The summed E-state index contributed by atoms with van der Waals surface area (Å²) in [4.78, 5) is 2.74. The van der Waals surface area contributed by atoms with Gasteiger partial charge in [0.15, 0.2) is 0 Å². The van der Waals surface area contributed by atoms with Crippen molar-refractivity contribution < 1.29 is 4.74 Å². The van der Waals surface area contributed by atoms with Crippen molar-refractivity contribution in [2.75, 3.05) is 26.7 Å². The number of nitrogens with zero attached hydrogens (tertiary/aromatic N) is 1. The highest BCUT2D eigenvalue weighted by atomic mass is 16.5. The fraction of sp³-hybridized carbons (Fsp3) is 0.667. The van der Waals surface area contributed by atoms with E-state index >= 15 is 0 Å². The fourth-order valence-electron chi connectivity index (χ4n) is 4.59. The average molecular weight is 286 g/mol. The molecule has 0 aromatic heterocycles. The van der Waals surface area contributed by atoms with E-state index in [1.807, 2.05) is 0 Å². The molecule has 0 saturated carbocycles. The Hall–Kier alpha value is -1.06. The molecular weight excluding hydrogens is 260 g/mol. The molecule has 0 spiro atoms. The number of ether oxygens (including phenoxy) is 1. The van der Waals surface area contributed by atoms with Crippen LogP contribution in [-0.2, 0) is 6.42 Å². The lowest BCUT2D eigenvalue weighted by Crippen LogP contribution is -2.41. The first-order valence-electron chi connectivity index (χ1n) is 8.49. The fourth-order valence-corrected chi connectivity index (χ4v) is 4.59. The second kappa shape index (κ2) is 5.62. The van der Waals surface area contributed by atoms with Crippen LogP contribution in [0.5, 0.6) is 5.75 Å². The van der Waals surface area contributed by atoms with Gasteiger partial charge in [-0.25, -0.2) is 0 Å². The molecule has 1 aromatic rings. The number of fused-ring (bicyclic) bond motifs is 2. The van der Waals surface area contributed by atoms with Crippen molar-refractivity contribution in [1.29, 1.82) is 0 Å². The zero-order valence-corrected chi connectivity index (χ0v) is 13.0. The van der Waals surface area contributed by atoms with Crippen molar-refractivity contribution >= 4 is 0 Å². The van der Waals surface area contributed by atoms with Crippen molar-refractivity contribution in [3.05, 3.63) is 29.3 Å². The molecule has 3 heteroatoms. The van der Waals surface area contributed by atoms with Gasteiger partial charge in [0.05, 0.1) is 7.11 Å². The minimum absolute atomic E-state index is 0.608. The number of nitrogens with one attached hydrogen (secondary N) is 1. The summed E-state index contributed by atoms with van der Waals surface area (Å²) in [6, 6.07) is 8.02. The van der Waals surface area contributed by atoms with Crippen LogP contribution in [0.2, 0.25) is 0 Å². The summed E-state index contributed by atoms with van der Waals surface area (Å²) >= 11 is 0. The zero-order chi connectivity index (χ0) is 14.2. The molecule has 3 aliphatic rings. The third kappa shape index (κ3) is 2.47. The molecular formula is C18H26N2O. The summed E-state index contributed by atoms with van der Waals surface area (Å²) in [6.07, 6.45) is 6.62. The number of benzene rings is 1. The van der Waals surface area contributed by atoms with Crippen LogP contribution in [0.4, 0.5) is 0 Å². The van der Waals surface area contributed by atoms with Crippen LogP contribution in [0.15, 0.2) is 18.2 Å². The number of hydrogen-bond donors (Lipinski definition) is 1. The van der Waals surface area contributed by atoms with Crippen molar-refractivity contribution in [1.82, 2.24) is 10.2 Å². The minimum atomic E-state index is 0.608. The van der Waals surface area contributed by atoms with E-state index in [-0.39, 0.29) is 0 Å². The molecule has 2 heterocycles. The standard InChI is InChI=1S/C18H26N2O/c1-21-15-8-7-13-4-2-6-18(16(13)10-15)20-11-14-5-3-9-19-17(14)12-20/h7-8,10,14,17-19H,2-6,9,11-12H2,1H3/t14-,17+,18?/m0/s1. The smallest absolute Gasteiger partial charge is 0.119 e. The van der Waals surface area contributed by atoms with Gasteiger partial charge in [0, 0.05) is 25.2 Å². The highest BCUT2D eigenvalue weighted by Gasteiger charge is 2.38. The largest absolute Gasteiger partial charge is 0.497 e. The van der Waals surface area contributed by atoms with Gasteiger partial charge in [-0.3, -0.25) is 4.90 Å². The van der Waals surface area contributed by atoms with Crippen LogP contribution >= 0.6 is 0 Å². The quantitative estimate of drug-likeness (QED) is 0.905. The van der Waals surface area contributed by atoms with Gasteiger partial charge in [0.1, 0.15) is 5.75 Å². The predicted molar refractivity (Wildman–Crippen MR) is 84.8 cm³/mol. The Morgan fingerprint density at radius 3 is 3.00 bits per heavy atom. The van der Waals surface area contributed by atoms with Gasteiger partial charge in [-0.05, 0) is 67.8 Å². The Kier molecular flexibility index (Phi) is 3.64. The summed E-state index contributed by atoms with van der Waals surface area (Å²) < 4.78 is 5.45. The van der Waals surface area contributed by atoms with E-state index in [1.54, 1.807) is 7.11 Å². The topological polar surface area (TPSA) is 24.5 Å². The van der Waals surface area contributed by atoms with Gasteiger partial charge < -0.3 is 10.1 Å². The van der Waals surface area contributed by atoms with E-state index in [9.17, 15) is 0 Å². The van der Waals surface area contributed by atoms with Crippen LogP contribution < -0.4 is 10.1 Å². The lowest BCUT2D eigenvalue weighted by Gasteiger charge is -2.33. The van der Waals surface area contributed by atoms with E-state index in [4.69, 9.17) is 4.74 Å². The Morgan fingerprint density at radius 2 is 2.14 bits per heavy atom. The van der Waals surface area contributed by atoms with Crippen molar-refractivity contribution in [2.24, 2.45) is 5.92 Å². The molecule has 2 saturated heterocycles. The lowest BCUT2D eigenvalue weighted by molar-refractivity contribution is 0.211. The van der Waals surface area contributed by atoms with Crippen LogP contribution in [0, 0.1) is 5.92 Å². The van der Waals surface area contributed by atoms with Gasteiger partial charge >= 0.3 is 0 Å². The first kappa shape index (κ1) is 13.6. The molecule has 0 amide bonds. The predicted octanol–water partition coefficient (Wildman–Crippen LogP) is 2.76. The average Bonchev–Trinajstić information content (AvgIpc) is 2.97. The summed E-state index contributed by atoms with van der Waals surface area (Å²) in [5.41, 5.74) is 3.06. The number of rotatable bonds is 2. The van der Waals surface area contributed by atoms with Gasteiger partial charge in [-0.15, -0.1) is 0 Å². The Morgan fingerprint density at radius 1 is 1.19 bits per heavy atom. The first-order chi connectivity index (χ1) is 10.3. The van der Waals surface area contributed by atoms with Gasteiger partial charge in [0.2, 0.25) is 0 Å². The van der Waals surface area contributed by atoms with Crippen LogP contribution in [0.25, 0.3) is 0 Å². The van der Waals surface area contributed by atoms with Crippen LogP contribution in [0.1, 0.15) is 42.9 Å². The molecule has 2 aliphatic heterocycles. The number of hydrogen-bond acceptors (Lipinski definition) is 3. The van der Waals surface area contributed by atoms with E-state index in [2.05, 4.69) is 28.4 Å². The van der Waals surface area contributed by atoms with E-state index in [0.717, 1.165) is 17.7 Å². The molecule has 1 N–H and O–H groups in total. The summed E-state index contributed by atoms with van der Waals surface area (Å²) in [7, 11) is 1.77. The van der Waals surface area contributed by atoms with Crippen LogP contribution in [0.3, 0.4) is 0 Å². The molecule has 3 atom stereocenters. The van der Waals surface area contributed by atoms with Gasteiger partial charge in [0.25, 0.3) is 0 Å². The maximum absolute atomic E-state index is 5.45. The normalized spacial score (nSPS) is 32.5. The van der Waals surface area contributed by atoms with Crippen molar-refractivity contribution in [2.45, 2.75) is 44.2 Å². The number of likely N-dealkylation sites (tertiary alicyclic amines) is 1. The lowest BCUT2D eigenvalue weighted by atomic mass is 9.86. The second-order valence-corrected chi connectivity index (χ2v) is 6.89. The molecule has 0 radical (unpaired) electrons. The molecule has 1 aromatic carbocycles. The Bertz CT molecular complexity index is 502. The third-order valence-corrected chi connectivity index (χ3v) is 5.70. The highest BCUT2D eigenvalue weighted by Crippen LogP contribution is 2.39. The highest BCUT2D eigenvalue weighted by molar-refractivity contribution is 5.39. The van der Waals surface area contributed by atoms with E-state index in [1.165, 1.54) is 62.9 Å². The van der Waals surface area contributed by atoms with Gasteiger partial charge in [-0.1, -0.05) is 6.07 Å². The number of piperidine rings is 1. The zero-order valence-electron chi connectivity index (χ0n) is 13.0. The number of methoxy groups -OCH3 is 1. The number of aryl methyl sites for hydroxylation is 1. The molecule has 1 unspecified atom stereocenters. The Balaban J connectivity index is 1.59. The molecule has 114 valence electrons. The van der Waals surface area contributed by atoms with Crippen LogP contribution in [-0.4, -0.2) is 37.7 Å². The second-order valence-electron chi connectivity index (χ2n) is 6.89. The maximum Gasteiger partial charge on any atom is 0.119 e. The molecule has 4 rings (SSSR count). The monoisotopic (exact) mass is 286 g/mol. The first-order valence-corrected chi connectivity index (χ1v) is 8.49. The maximum atomic E-state index is 5.45. The summed E-state index contributed by atoms with van der Waals surface area (Å²) in [5, 5.41) is 3.73. The van der Waals surface area contributed by atoms with Gasteiger partial charge in [-0.2, -0.15) is 0 Å². The third-order valence-electron chi connectivity index (χ3n) is 5.70. The molecule has 2 fully saturated rings. The Labute approximate surface area is 127 Å². The van der Waals surface area contributed by atoms with E-state index in [0.29, 0.717) is 6.04 Å². The van der Waals surface area contributed by atoms with E-state index < -0.39 is 0 Å². The molecule has 21 heavy (non-hydrogen) atoms. The molecule has 0 bridgehead atoms. The van der Waals surface area contributed by atoms with Crippen molar-refractivity contribution in [3.8, 4) is 5.75 Å². The molecule has 1 aliphatic carbocycles. The SMILES string of the molecule is COc1ccc2c(c1)C(N1C[C@@H]3CCCN[C@@H]3C1)CCC2. The minimum Gasteiger partial charge on any atom is -0.497 e. The molecule has 3 nitrogen and oxygen atoms in total.